The van der Waals surface area contributed by atoms with Gasteiger partial charge in [-0.2, -0.15) is 0 Å². The largest absolute Gasteiger partial charge is 0.379 e. The van der Waals surface area contributed by atoms with Crippen LogP contribution in [0.3, 0.4) is 0 Å². The maximum atomic E-state index is 6.46. The molecule has 5 heteroatoms. The van der Waals surface area contributed by atoms with Crippen LogP contribution >= 0.6 is 0 Å². The predicted molar refractivity (Wildman–Crippen MR) is 255 cm³/mol. The number of likely N-dealkylation sites (tertiary alicyclic amines) is 1. The zero-order valence-corrected chi connectivity index (χ0v) is 40.2. The fraction of sp³-hybridized carbons (Fsp3) is 0.891. The lowest BCUT2D eigenvalue weighted by molar-refractivity contribution is -0.0618. The molecule has 0 aromatic heterocycles. The van der Waals surface area contributed by atoms with Gasteiger partial charge in [-0.05, 0) is 164 Å². The molecule has 0 amide bonds. The smallest absolute Gasteiger partial charge is 0.0936 e. The summed E-state index contributed by atoms with van der Waals surface area (Å²) >= 11 is 0. The zero-order chi connectivity index (χ0) is 42.3. The van der Waals surface area contributed by atoms with Gasteiger partial charge in [0.15, 0.2) is 0 Å². The average Bonchev–Trinajstić information content (AvgIpc) is 3.82. The number of hydrogen-bond acceptors (Lipinski definition) is 5. The minimum Gasteiger partial charge on any atom is -0.379 e. The van der Waals surface area contributed by atoms with Gasteiger partial charge >= 0.3 is 0 Å². The van der Waals surface area contributed by atoms with Crippen molar-refractivity contribution >= 4 is 0 Å². The van der Waals surface area contributed by atoms with Crippen molar-refractivity contribution in [1.29, 1.82) is 0 Å². The van der Waals surface area contributed by atoms with Crippen LogP contribution in [0.4, 0.5) is 0 Å². The second-order valence-electron chi connectivity index (χ2n) is 21.2. The SMILES string of the molecule is CCCCC/C=C\C/C=C\CCCCCCCCOC[C@@H](CN1CCC[C@H]1C)OCCOCCO[C@H]1CCC2C(=CCC3C2CCC2C3CC[C@]2(C)CCCCC(C)C)C1. The van der Waals surface area contributed by atoms with Gasteiger partial charge in [-0.3, -0.25) is 4.90 Å². The van der Waals surface area contributed by atoms with Crippen molar-refractivity contribution < 1.29 is 18.9 Å². The predicted octanol–water partition coefficient (Wildman–Crippen LogP) is 14.5. The Morgan fingerprint density at radius 1 is 0.750 bits per heavy atom. The van der Waals surface area contributed by atoms with Crippen molar-refractivity contribution in [2.24, 2.45) is 40.9 Å². The molecule has 346 valence electrons. The molecule has 4 aliphatic carbocycles. The molecule has 5 aliphatic rings. The van der Waals surface area contributed by atoms with Crippen LogP contribution in [0.2, 0.25) is 0 Å². The first-order valence-corrected chi connectivity index (χ1v) is 26.5. The summed E-state index contributed by atoms with van der Waals surface area (Å²) in [6.07, 6.45) is 47.3. The first kappa shape index (κ1) is 50.0. The Hall–Kier alpha value is -0.980. The molecule has 0 bridgehead atoms. The summed E-state index contributed by atoms with van der Waals surface area (Å²) < 4.78 is 25.1. The molecular weight excluding hydrogens is 739 g/mol. The van der Waals surface area contributed by atoms with E-state index in [2.05, 4.69) is 69.9 Å². The second kappa shape index (κ2) is 28.7. The Labute approximate surface area is 372 Å². The van der Waals surface area contributed by atoms with E-state index in [9.17, 15) is 0 Å². The van der Waals surface area contributed by atoms with Crippen LogP contribution in [-0.2, 0) is 18.9 Å². The topological polar surface area (TPSA) is 40.2 Å². The van der Waals surface area contributed by atoms with E-state index in [0.717, 1.165) is 67.9 Å². The highest BCUT2D eigenvalue weighted by atomic mass is 16.6. The lowest BCUT2D eigenvalue weighted by Crippen LogP contribution is -2.43. The van der Waals surface area contributed by atoms with E-state index in [1.54, 1.807) is 5.57 Å². The van der Waals surface area contributed by atoms with E-state index >= 15 is 0 Å². The summed E-state index contributed by atoms with van der Waals surface area (Å²) in [6.45, 7) is 18.4. The van der Waals surface area contributed by atoms with Gasteiger partial charge in [-0.1, -0.05) is 121 Å². The van der Waals surface area contributed by atoms with Crippen LogP contribution in [0.5, 0.6) is 0 Å². The molecule has 0 N–H and O–H groups in total. The third-order valence-electron chi connectivity index (χ3n) is 16.1. The maximum Gasteiger partial charge on any atom is 0.0936 e. The van der Waals surface area contributed by atoms with Crippen molar-refractivity contribution in [2.45, 2.75) is 220 Å². The number of unbranched alkanes of at least 4 members (excludes halogenated alkanes) is 10. The number of fused-ring (bicyclic) bond motifs is 5. The minimum absolute atomic E-state index is 0.112. The lowest BCUT2D eigenvalue weighted by atomic mass is 9.54. The van der Waals surface area contributed by atoms with Gasteiger partial charge in [-0.15, -0.1) is 0 Å². The van der Waals surface area contributed by atoms with Crippen molar-refractivity contribution in [3.8, 4) is 0 Å². The first-order valence-electron chi connectivity index (χ1n) is 26.5. The van der Waals surface area contributed by atoms with Crippen LogP contribution in [0.1, 0.15) is 202 Å². The van der Waals surface area contributed by atoms with E-state index in [4.69, 9.17) is 18.9 Å². The number of rotatable bonds is 32. The molecule has 5 nitrogen and oxygen atoms in total. The summed E-state index contributed by atoms with van der Waals surface area (Å²) in [5.41, 5.74) is 2.36. The molecule has 5 unspecified atom stereocenters. The minimum atomic E-state index is 0.112. The van der Waals surface area contributed by atoms with Gasteiger partial charge in [0.05, 0.1) is 45.2 Å². The number of nitrogens with zero attached hydrogens (tertiary/aromatic N) is 1. The highest BCUT2D eigenvalue weighted by Gasteiger charge is 2.53. The van der Waals surface area contributed by atoms with Gasteiger partial charge in [0.25, 0.3) is 0 Å². The molecule has 1 heterocycles. The van der Waals surface area contributed by atoms with Crippen molar-refractivity contribution in [2.75, 3.05) is 52.7 Å². The summed E-state index contributed by atoms with van der Waals surface area (Å²) in [7, 11) is 0. The number of allylic oxidation sites excluding steroid dienone is 5. The Bertz CT molecular complexity index is 1210. The zero-order valence-electron chi connectivity index (χ0n) is 40.2. The van der Waals surface area contributed by atoms with Gasteiger partial charge in [0.2, 0.25) is 0 Å². The summed E-state index contributed by atoms with van der Waals surface area (Å²) in [5, 5.41) is 0. The average molecular weight is 836 g/mol. The van der Waals surface area contributed by atoms with Gasteiger partial charge in [0, 0.05) is 19.2 Å². The van der Waals surface area contributed by atoms with E-state index in [0.29, 0.717) is 50.6 Å². The Morgan fingerprint density at radius 2 is 1.53 bits per heavy atom. The molecule has 1 aliphatic heterocycles. The van der Waals surface area contributed by atoms with Crippen LogP contribution in [0.25, 0.3) is 0 Å². The fourth-order valence-electron chi connectivity index (χ4n) is 12.6. The van der Waals surface area contributed by atoms with Crippen molar-refractivity contribution in [1.82, 2.24) is 4.90 Å². The fourth-order valence-corrected chi connectivity index (χ4v) is 12.6. The summed E-state index contributed by atoms with van der Waals surface area (Å²) in [6, 6.07) is 0.644. The van der Waals surface area contributed by atoms with Gasteiger partial charge in [0.1, 0.15) is 0 Å². The van der Waals surface area contributed by atoms with E-state index in [1.807, 2.05) is 0 Å². The molecule has 0 radical (unpaired) electrons. The first-order chi connectivity index (χ1) is 29.4. The molecule has 0 spiro atoms. The molecule has 0 aromatic carbocycles. The normalized spacial score (nSPS) is 30.0. The summed E-state index contributed by atoms with van der Waals surface area (Å²) in [4.78, 5) is 2.59. The van der Waals surface area contributed by atoms with Crippen molar-refractivity contribution in [3.63, 3.8) is 0 Å². The van der Waals surface area contributed by atoms with Gasteiger partial charge in [-0.25, -0.2) is 0 Å². The molecular formula is C55H97NO4. The molecule has 9 atom stereocenters. The third kappa shape index (κ3) is 17.2. The van der Waals surface area contributed by atoms with Gasteiger partial charge < -0.3 is 18.9 Å². The monoisotopic (exact) mass is 836 g/mol. The quantitative estimate of drug-likeness (QED) is 0.0499. The maximum absolute atomic E-state index is 6.46. The Morgan fingerprint density at radius 3 is 2.32 bits per heavy atom. The Balaban J connectivity index is 0.886. The lowest BCUT2D eigenvalue weighted by Gasteiger charge is -2.51. The number of hydrogen-bond donors (Lipinski definition) is 0. The highest BCUT2D eigenvalue weighted by Crippen LogP contribution is 2.62. The second-order valence-corrected chi connectivity index (χ2v) is 21.2. The van der Waals surface area contributed by atoms with E-state index in [-0.39, 0.29) is 6.10 Å². The molecule has 60 heavy (non-hydrogen) atoms. The molecule has 0 aromatic rings. The Kier molecular flexibility index (Phi) is 24.0. The standard InChI is InChI=1S/C55H97NO4/c1-6-7-8-9-10-11-12-13-14-15-16-17-18-19-20-23-37-58-44-49(43-56-36-24-26-46(56)4)60-41-39-57-38-40-59-48-28-30-50-47(42-48)27-29-52-51(50)31-32-54-53(52)33-35-55(54,5)34-22-21-25-45(2)3/h10-11,13-14,27,45-46,48-54H,6-9,12,15-26,28-44H2,1-5H3/b11-10-,14-13-/t46-,48+,49-,50?,51?,52?,53?,54?,55+/m1/s1. The van der Waals surface area contributed by atoms with Crippen LogP contribution in [0.15, 0.2) is 36.0 Å². The number of ether oxygens (including phenoxy) is 4. The van der Waals surface area contributed by atoms with E-state index < -0.39 is 0 Å². The molecule has 5 rings (SSSR count). The third-order valence-corrected chi connectivity index (χ3v) is 16.1. The highest BCUT2D eigenvalue weighted by molar-refractivity contribution is 5.19. The molecule has 4 fully saturated rings. The van der Waals surface area contributed by atoms with E-state index in [1.165, 1.54) is 154 Å². The van der Waals surface area contributed by atoms with Crippen LogP contribution < -0.4 is 0 Å². The van der Waals surface area contributed by atoms with Crippen LogP contribution in [-0.4, -0.2) is 75.9 Å². The van der Waals surface area contributed by atoms with Crippen molar-refractivity contribution in [3.05, 3.63) is 36.0 Å². The van der Waals surface area contributed by atoms with Crippen LogP contribution in [0, 0.1) is 40.9 Å². The molecule has 1 saturated heterocycles. The summed E-state index contributed by atoms with van der Waals surface area (Å²) in [5.74, 6) is 5.56. The molecule has 3 saturated carbocycles.